The summed E-state index contributed by atoms with van der Waals surface area (Å²) in [7, 11) is 0. The number of aromatic hydroxyl groups is 1. The predicted molar refractivity (Wildman–Crippen MR) is 114 cm³/mol. The van der Waals surface area contributed by atoms with Crippen LogP contribution in [0.4, 0.5) is 5.95 Å². The van der Waals surface area contributed by atoms with Gasteiger partial charge in [0.25, 0.3) is 5.62 Å². The number of nitrogens with zero attached hydrogens (tertiary/aromatic N) is 5. The molecule has 5 N–H and O–H groups in total. The van der Waals surface area contributed by atoms with Crippen molar-refractivity contribution in [3.8, 4) is 5.88 Å². The van der Waals surface area contributed by atoms with Crippen molar-refractivity contribution in [2.75, 3.05) is 5.32 Å². The molecule has 6 rings (SSSR count). The Bertz CT molecular complexity index is 1510. The standard InChI is InChI=1S/C21H20N8O3/c30-15-8-10-3-1-2-4-13(10)16(15)25-19-26-17-11(7-14-18(31)27-21(32)24-14)9-22-29(17)20(28-19)23-12-5-6-12/h1-4,7,9,12,15-16,30-31H,5-6,8H2,(H,23,25,28)(H2,24,27,32)/b11-7-/t15-,16+/m1/s1. The van der Waals surface area contributed by atoms with E-state index in [0.717, 1.165) is 24.0 Å². The molecule has 4 aromatic rings. The maximum Gasteiger partial charge on any atom is 0.326 e. The number of fused-ring (bicyclic) bond motifs is 2. The van der Waals surface area contributed by atoms with Crippen LogP contribution >= 0.6 is 0 Å². The molecule has 3 aromatic heterocycles. The van der Waals surface area contributed by atoms with E-state index in [1.165, 1.54) is 4.52 Å². The molecule has 1 saturated carbocycles. The summed E-state index contributed by atoms with van der Waals surface area (Å²) in [4.78, 5) is 30.1. The van der Waals surface area contributed by atoms with Gasteiger partial charge >= 0.3 is 5.69 Å². The number of aliphatic hydroxyl groups excluding tert-OH is 1. The van der Waals surface area contributed by atoms with Crippen LogP contribution in [0.1, 0.15) is 35.7 Å². The van der Waals surface area contributed by atoms with Gasteiger partial charge in [0.05, 0.1) is 24.4 Å². The number of benzene rings is 1. The third kappa shape index (κ3) is 3.23. The predicted octanol–water partition coefficient (Wildman–Crippen LogP) is -0.473. The van der Waals surface area contributed by atoms with Crippen LogP contribution in [-0.4, -0.2) is 51.9 Å². The van der Waals surface area contributed by atoms with Crippen molar-refractivity contribution in [2.24, 2.45) is 4.99 Å². The molecule has 2 atom stereocenters. The second-order valence-electron chi connectivity index (χ2n) is 8.12. The van der Waals surface area contributed by atoms with E-state index >= 15 is 0 Å². The zero-order chi connectivity index (χ0) is 21.8. The number of aliphatic hydroxyl groups is 1. The molecule has 1 fully saturated rings. The number of hydrogen-bond donors (Lipinski definition) is 5. The number of anilines is 1. The molecule has 2 aliphatic carbocycles. The highest BCUT2D eigenvalue weighted by Gasteiger charge is 2.31. The molecule has 1 aromatic carbocycles. The molecule has 3 heterocycles. The minimum atomic E-state index is -0.603. The largest absolute Gasteiger partial charge is 0.493 e. The zero-order valence-electron chi connectivity index (χ0n) is 16.9. The Morgan fingerprint density at radius 3 is 2.84 bits per heavy atom. The Labute approximate surface area is 180 Å². The van der Waals surface area contributed by atoms with Crippen molar-refractivity contribution in [3.05, 3.63) is 68.6 Å². The van der Waals surface area contributed by atoms with Crippen LogP contribution in [-0.2, 0) is 6.42 Å². The van der Waals surface area contributed by atoms with Crippen molar-refractivity contribution in [2.45, 2.75) is 37.5 Å². The maximum absolute atomic E-state index is 11.5. The van der Waals surface area contributed by atoms with Crippen molar-refractivity contribution in [3.63, 3.8) is 0 Å². The smallest absolute Gasteiger partial charge is 0.326 e. The number of rotatable bonds is 4. The van der Waals surface area contributed by atoms with E-state index in [0.29, 0.717) is 28.9 Å². The van der Waals surface area contributed by atoms with Gasteiger partial charge in [0, 0.05) is 11.6 Å². The molecule has 11 heteroatoms. The number of H-pyrrole nitrogens is 2. The molecule has 0 amide bonds. The van der Waals surface area contributed by atoms with Crippen molar-refractivity contribution >= 4 is 17.7 Å². The number of nitrogens with one attached hydrogen (secondary N) is 3. The Kier molecular flexibility index (Phi) is 4.12. The molecule has 0 bridgehead atoms. The molecule has 2 aliphatic rings. The highest BCUT2D eigenvalue weighted by Crippen LogP contribution is 2.33. The molecular weight excluding hydrogens is 412 g/mol. The average Bonchev–Trinajstić information content (AvgIpc) is 3.29. The number of aromatic nitrogens is 6. The first-order valence-electron chi connectivity index (χ1n) is 10.4. The molecule has 32 heavy (non-hydrogen) atoms. The van der Waals surface area contributed by atoms with Gasteiger partial charge in [0.2, 0.25) is 11.8 Å². The lowest BCUT2D eigenvalue weighted by atomic mass is 10.1. The van der Waals surface area contributed by atoms with E-state index < -0.39 is 11.8 Å². The van der Waals surface area contributed by atoms with E-state index in [9.17, 15) is 15.0 Å². The van der Waals surface area contributed by atoms with Crippen LogP contribution < -0.4 is 21.8 Å². The van der Waals surface area contributed by atoms with Gasteiger partial charge in [-0.3, -0.25) is 4.98 Å². The Balaban J connectivity index is 1.49. The molecule has 0 spiro atoms. The zero-order valence-corrected chi connectivity index (χ0v) is 16.9. The number of imidazole rings is 1. The summed E-state index contributed by atoms with van der Waals surface area (Å²) < 4.78 is 1.54. The van der Waals surface area contributed by atoms with Gasteiger partial charge in [-0.2, -0.15) is 19.6 Å². The van der Waals surface area contributed by atoms with Gasteiger partial charge in [-0.25, -0.2) is 9.79 Å². The summed E-state index contributed by atoms with van der Waals surface area (Å²) in [5.41, 5.74) is 2.68. The van der Waals surface area contributed by atoms with E-state index in [4.69, 9.17) is 0 Å². The molecule has 11 nitrogen and oxygen atoms in total. The molecule has 162 valence electrons. The summed E-state index contributed by atoms with van der Waals surface area (Å²) in [6.07, 6.45) is 5.11. The fourth-order valence-corrected chi connectivity index (χ4v) is 4.03. The van der Waals surface area contributed by atoms with Gasteiger partial charge in [0.15, 0.2) is 5.65 Å². The first-order valence-corrected chi connectivity index (χ1v) is 10.4. The lowest BCUT2D eigenvalue weighted by Crippen LogP contribution is -2.28. The fraction of sp³-hybridized carbons (Fsp3) is 0.286. The second kappa shape index (κ2) is 7.02. The summed E-state index contributed by atoms with van der Waals surface area (Å²) in [6, 6.07) is 7.76. The monoisotopic (exact) mass is 432 g/mol. The highest BCUT2D eigenvalue weighted by atomic mass is 16.3. The SMILES string of the molecule is O=c1[nH]c(O)c(/C=c2/cnn3c(=NC4CC4)nc(N[C@H]4c5ccccc5C[C@H]4O)nc23)[nH]1. The van der Waals surface area contributed by atoms with Crippen LogP contribution in [0.25, 0.3) is 11.7 Å². The van der Waals surface area contributed by atoms with Crippen LogP contribution in [0.5, 0.6) is 5.88 Å². The topological polar surface area (TPSA) is 157 Å². The van der Waals surface area contributed by atoms with Gasteiger partial charge in [-0.05, 0) is 30.0 Å². The summed E-state index contributed by atoms with van der Waals surface area (Å²) in [6.45, 7) is 0. The summed E-state index contributed by atoms with van der Waals surface area (Å²) >= 11 is 0. The molecular formula is C21H20N8O3. The normalized spacial score (nSPS) is 21.4. The third-order valence-electron chi connectivity index (χ3n) is 5.75. The molecule has 0 radical (unpaired) electrons. The summed E-state index contributed by atoms with van der Waals surface area (Å²) in [5.74, 6) is 0.0509. The Morgan fingerprint density at radius 2 is 2.06 bits per heavy atom. The van der Waals surface area contributed by atoms with Crippen LogP contribution in [0.15, 0.2) is 40.2 Å². The average molecular weight is 432 g/mol. The molecule has 0 aliphatic heterocycles. The van der Waals surface area contributed by atoms with Crippen LogP contribution in [0.3, 0.4) is 0 Å². The van der Waals surface area contributed by atoms with Crippen LogP contribution in [0.2, 0.25) is 0 Å². The van der Waals surface area contributed by atoms with E-state index in [1.807, 2.05) is 24.3 Å². The van der Waals surface area contributed by atoms with Gasteiger partial charge in [-0.1, -0.05) is 24.3 Å². The first-order chi connectivity index (χ1) is 15.5. The minimum absolute atomic E-state index is 0.209. The van der Waals surface area contributed by atoms with E-state index in [2.05, 4.69) is 35.3 Å². The lowest BCUT2D eigenvalue weighted by Gasteiger charge is -2.17. The number of aromatic amines is 2. The van der Waals surface area contributed by atoms with Gasteiger partial charge < -0.3 is 20.5 Å². The minimum Gasteiger partial charge on any atom is -0.493 e. The third-order valence-corrected chi connectivity index (χ3v) is 5.75. The van der Waals surface area contributed by atoms with E-state index in [1.54, 1.807) is 12.3 Å². The quantitative estimate of drug-likeness (QED) is 0.292. The fourth-order valence-electron chi connectivity index (χ4n) is 4.03. The summed E-state index contributed by atoms with van der Waals surface area (Å²) in [5, 5.41) is 28.7. The van der Waals surface area contributed by atoms with Crippen molar-refractivity contribution < 1.29 is 10.2 Å². The van der Waals surface area contributed by atoms with Crippen molar-refractivity contribution in [1.29, 1.82) is 0 Å². The van der Waals surface area contributed by atoms with Crippen LogP contribution in [0, 0.1) is 0 Å². The Hall–Kier alpha value is -3.99. The molecule has 0 unspecified atom stereocenters. The van der Waals surface area contributed by atoms with Gasteiger partial charge in [-0.15, -0.1) is 0 Å². The highest BCUT2D eigenvalue weighted by molar-refractivity contribution is 5.57. The van der Waals surface area contributed by atoms with Gasteiger partial charge in [0.1, 0.15) is 5.69 Å². The maximum atomic E-state index is 11.5. The van der Waals surface area contributed by atoms with Crippen molar-refractivity contribution in [1.82, 2.24) is 29.5 Å². The molecule has 0 saturated heterocycles. The first kappa shape index (κ1) is 18.8. The number of hydrogen-bond acceptors (Lipinski definition) is 8. The second-order valence-corrected chi connectivity index (χ2v) is 8.12. The van der Waals surface area contributed by atoms with E-state index in [-0.39, 0.29) is 23.7 Å². The lowest BCUT2D eigenvalue weighted by molar-refractivity contribution is 0.165. The Morgan fingerprint density at radius 1 is 1.22 bits per heavy atom.